The van der Waals surface area contributed by atoms with Crippen LogP contribution in [-0.4, -0.2) is 13.4 Å². The molecule has 1 aromatic heterocycles. The van der Waals surface area contributed by atoms with E-state index < -0.39 is 21.6 Å². The molecule has 0 unspecified atom stereocenters. The molecule has 0 amide bonds. The van der Waals surface area contributed by atoms with E-state index in [4.69, 9.17) is 16.3 Å². The maximum absolute atomic E-state index is 13.5. The number of alkyl halides is 3. The van der Waals surface area contributed by atoms with Crippen LogP contribution in [0, 0.1) is 6.92 Å². The van der Waals surface area contributed by atoms with E-state index in [1.807, 2.05) is 6.07 Å². The number of aryl methyl sites for hydroxylation is 1. The first-order valence-corrected chi connectivity index (χ1v) is 11.8. The molecule has 1 heterocycles. The van der Waals surface area contributed by atoms with E-state index in [1.165, 1.54) is 36.4 Å². The molecule has 34 heavy (non-hydrogen) atoms. The van der Waals surface area contributed by atoms with Crippen LogP contribution in [0.3, 0.4) is 0 Å². The molecule has 0 aliphatic heterocycles. The van der Waals surface area contributed by atoms with E-state index in [9.17, 15) is 21.6 Å². The molecule has 0 aliphatic carbocycles. The Morgan fingerprint density at radius 1 is 0.882 bits per heavy atom. The normalized spacial score (nSPS) is 11.9. The Morgan fingerprint density at radius 3 is 2.21 bits per heavy atom. The fourth-order valence-electron chi connectivity index (χ4n) is 3.36. The van der Waals surface area contributed by atoms with Crippen LogP contribution in [0.1, 0.15) is 11.1 Å². The predicted octanol–water partition coefficient (Wildman–Crippen LogP) is 7.35. The van der Waals surface area contributed by atoms with Crippen LogP contribution in [0.2, 0.25) is 5.02 Å². The fraction of sp³-hybridized carbons (Fsp3) is 0.0800. The number of nitrogens with zero attached hydrogens (tertiary/aromatic N) is 1. The van der Waals surface area contributed by atoms with Gasteiger partial charge in [-0.3, -0.25) is 0 Å². The SMILES string of the molecule is Cc1cc(-c2ccccc2)nc(Oc2cccc(C(F)(F)F)c2)c1S(=O)(=O)c1ccc(Cl)cc1. The zero-order chi connectivity index (χ0) is 24.5. The molecular weight excluding hydrogens is 487 g/mol. The van der Waals surface area contributed by atoms with Gasteiger partial charge in [0.25, 0.3) is 0 Å². The highest BCUT2D eigenvalue weighted by molar-refractivity contribution is 7.91. The van der Waals surface area contributed by atoms with Crippen molar-refractivity contribution in [3.05, 3.63) is 101 Å². The molecule has 0 fully saturated rings. The Hall–Kier alpha value is -3.36. The van der Waals surface area contributed by atoms with Gasteiger partial charge in [-0.1, -0.05) is 48.0 Å². The highest BCUT2D eigenvalue weighted by atomic mass is 35.5. The van der Waals surface area contributed by atoms with Crippen LogP contribution in [-0.2, 0) is 16.0 Å². The summed E-state index contributed by atoms with van der Waals surface area (Å²) in [5, 5.41) is 0.355. The summed E-state index contributed by atoms with van der Waals surface area (Å²) in [7, 11) is -4.14. The van der Waals surface area contributed by atoms with Crippen molar-refractivity contribution in [1.82, 2.24) is 4.98 Å². The molecule has 9 heteroatoms. The monoisotopic (exact) mass is 503 g/mol. The summed E-state index contributed by atoms with van der Waals surface area (Å²) in [4.78, 5) is 4.10. The van der Waals surface area contributed by atoms with E-state index in [2.05, 4.69) is 4.98 Å². The number of hydrogen-bond acceptors (Lipinski definition) is 4. The molecular formula is C25H17ClF3NO3S. The molecule has 0 saturated heterocycles. The molecule has 4 aromatic rings. The topological polar surface area (TPSA) is 56.3 Å². The summed E-state index contributed by atoms with van der Waals surface area (Å²) in [5.74, 6) is -0.521. The van der Waals surface area contributed by atoms with Crippen molar-refractivity contribution in [3.8, 4) is 22.9 Å². The lowest BCUT2D eigenvalue weighted by atomic mass is 10.1. The molecule has 0 radical (unpaired) electrons. The zero-order valence-corrected chi connectivity index (χ0v) is 19.2. The Kier molecular flexibility index (Phi) is 6.38. The minimum atomic E-state index is -4.59. The van der Waals surface area contributed by atoms with Crippen LogP contribution in [0.15, 0.2) is 94.7 Å². The van der Waals surface area contributed by atoms with Gasteiger partial charge in [0.2, 0.25) is 15.7 Å². The first-order valence-electron chi connectivity index (χ1n) is 9.98. The van der Waals surface area contributed by atoms with E-state index in [1.54, 1.807) is 37.3 Å². The maximum atomic E-state index is 13.5. The first-order chi connectivity index (χ1) is 16.1. The Bertz CT molecular complexity index is 1440. The first kappa shape index (κ1) is 23.8. The van der Waals surface area contributed by atoms with Gasteiger partial charge in [0, 0.05) is 10.6 Å². The molecule has 174 valence electrons. The number of sulfone groups is 1. The molecule has 0 atom stereocenters. The van der Waals surface area contributed by atoms with Gasteiger partial charge in [0.15, 0.2) is 0 Å². The van der Waals surface area contributed by atoms with Crippen LogP contribution in [0.25, 0.3) is 11.3 Å². The molecule has 4 rings (SSSR count). The van der Waals surface area contributed by atoms with E-state index in [0.29, 0.717) is 21.8 Å². The lowest BCUT2D eigenvalue weighted by Gasteiger charge is -2.16. The molecule has 0 bridgehead atoms. The molecule has 0 spiro atoms. The van der Waals surface area contributed by atoms with E-state index in [0.717, 1.165) is 12.1 Å². The van der Waals surface area contributed by atoms with Crippen LogP contribution in [0.5, 0.6) is 11.6 Å². The van der Waals surface area contributed by atoms with Crippen LogP contribution in [0.4, 0.5) is 13.2 Å². The highest BCUT2D eigenvalue weighted by Gasteiger charge is 2.31. The third-order valence-corrected chi connectivity index (χ3v) is 7.14. The van der Waals surface area contributed by atoms with Gasteiger partial charge < -0.3 is 4.74 Å². The number of benzene rings is 3. The summed E-state index contributed by atoms with van der Waals surface area (Å²) >= 11 is 5.89. The second-order valence-corrected chi connectivity index (χ2v) is 9.73. The number of hydrogen-bond donors (Lipinski definition) is 0. The summed E-state index contributed by atoms with van der Waals surface area (Å²) in [6.45, 7) is 1.58. The summed E-state index contributed by atoms with van der Waals surface area (Å²) < 4.78 is 72.3. The van der Waals surface area contributed by atoms with Crippen molar-refractivity contribution in [2.45, 2.75) is 22.9 Å². The number of aromatic nitrogens is 1. The number of ether oxygens (including phenoxy) is 1. The van der Waals surface area contributed by atoms with Crippen molar-refractivity contribution < 1.29 is 26.3 Å². The van der Waals surface area contributed by atoms with Crippen molar-refractivity contribution in [3.63, 3.8) is 0 Å². The molecule has 3 aromatic carbocycles. The van der Waals surface area contributed by atoms with Crippen molar-refractivity contribution in [2.24, 2.45) is 0 Å². The lowest BCUT2D eigenvalue weighted by molar-refractivity contribution is -0.137. The average Bonchev–Trinajstić information content (AvgIpc) is 2.79. The van der Waals surface area contributed by atoms with Gasteiger partial charge in [-0.15, -0.1) is 0 Å². The molecule has 0 aliphatic rings. The van der Waals surface area contributed by atoms with Gasteiger partial charge in [0.1, 0.15) is 10.6 Å². The second-order valence-electron chi connectivity index (χ2n) is 7.41. The minimum absolute atomic E-state index is 0.0526. The van der Waals surface area contributed by atoms with Crippen molar-refractivity contribution in [2.75, 3.05) is 0 Å². The maximum Gasteiger partial charge on any atom is 0.416 e. The largest absolute Gasteiger partial charge is 0.438 e. The standard InChI is InChI=1S/C25H17ClF3NO3S/c1-16-14-22(17-6-3-2-4-7-17)30-24(33-20-9-5-8-18(15-20)25(27,28)29)23(16)34(31,32)21-12-10-19(26)11-13-21/h2-15H,1H3. The predicted molar refractivity (Wildman–Crippen MR) is 123 cm³/mol. The third kappa shape index (κ3) is 4.93. The van der Waals surface area contributed by atoms with E-state index >= 15 is 0 Å². The summed E-state index contributed by atoms with van der Waals surface area (Å²) in [6.07, 6.45) is -4.59. The summed E-state index contributed by atoms with van der Waals surface area (Å²) in [6, 6.07) is 20.3. The molecule has 4 nitrogen and oxygen atoms in total. The number of pyridine rings is 1. The van der Waals surface area contributed by atoms with Crippen LogP contribution >= 0.6 is 11.6 Å². The zero-order valence-electron chi connectivity index (χ0n) is 17.7. The third-order valence-electron chi connectivity index (χ3n) is 4.97. The molecule has 0 saturated carbocycles. The van der Waals surface area contributed by atoms with Crippen LogP contribution < -0.4 is 4.74 Å². The summed E-state index contributed by atoms with van der Waals surface area (Å²) in [5.41, 5.74) is 0.499. The minimum Gasteiger partial charge on any atom is -0.438 e. The fourth-order valence-corrected chi connectivity index (χ4v) is 5.02. The second kappa shape index (κ2) is 9.12. The Balaban J connectivity index is 1.90. The quantitative estimate of drug-likeness (QED) is 0.285. The number of rotatable bonds is 5. The van der Waals surface area contributed by atoms with Gasteiger partial charge in [0.05, 0.1) is 16.2 Å². The van der Waals surface area contributed by atoms with Gasteiger partial charge in [-0.05, 0) is 61.0 Å². The molecule has 0 N–H and O–H groups in total. The highest BCUT2D eigenvalue weighted by Crippen LogP contribution is 2.38. The lowest BCUT2D eigenvalue weighted by Crippen LogP contribution is -2.09. The van der Waals surface area contributed by atoms with Crippen molar-refractivity contribution >= 4 is 21.4 Å². The van der Waals surface area contributed by atoms with Gasteiger partial charge in [-0.25, -0.2) is 13.4 Å². The van der Waals surface area contributed by atoms with Gasteiger partial charge >= 0.3 is 6.18 Å². The van der Waals surface area contributed by atoms with E-state index in [-0.39, 0.29) is 21.4 Å². The Morgan fingerprint density at radius 2 is 1.56 bits per heavy atom. The van der Waals surface area contributed by atoms with Gasteiger partial charge in [-0.2, -0.15) is 13.2 Å². The smallest absolute Gasteiger partial charge is 0.416 e. The Labute approximate surface area is 199 Å². The number of halogens is 4. The van der Waals surface area contributed by atoms with Crippen molar-refractivity contribution in [1.29, 1.82) is 0 Å². The average molecular weight is 504 g/mol.